The second-order valence-corrected chi connectivity index (χ2v) is 3.31. The lowest BCUT2D eigenvalue weighted by Crippen LogP contribution is -2.01. The maximum absolute atomic E-state index is 10.6. The van der Waals surface area contributed by atoms with Crippen LogP contribution in [0.25, 0.3) is 0 Å². The minimum atomic E-state index is -1.04. The van der Waals surface area contributed by atoms with Crippen LogP contribution in [0.1, 0.15) is 17.3 Å². The van der Waals surface area contributed by atoms with Gasteiger partial charge in [-0.3, -0.25) is 5.10 Å². The summed E-state index contributed by atoms with van der Waals surface area (Å²) in [6, 6.07) is 0. The minimum Gasteiger partial charge on any atom is -0.477 e. The number of anilines is 1. The molecule has 0 aliphatic rings. The van der Waals surface area contributed by atoms with Gasteiger partial charge in [0.25, 0.3) is 0 Å². The highest BCUT2D eigenvalue weighted by Gasteiger charge is 2.17. The van der Waals surface area contributed by atoms with Gasteiger partial charge in [0.05, 0.1) is 0 Å². The summed E-state index contributed by atoms with van der Waals surface area (Å²) in [5, 5.41) is 15.3. The Morgan fingerprint density at radius 2 is 2.50 bits per heavy atom. The lowest BCUT2D eigenvalue weighted by molar-refractivity contribution is 0.0694. The fraction of sp³-hybridized carbons (Fsp3) is 0.333. The average molecular weight is 187 g/mol. The van der Waals surface area contributed by atoms with Crippen LogP contribution in [0.5, 0.6) is 0 Å². The van der Waals surface area contributed by atoms with E-state index in [1.165, 1.54) is 11.8 Å². The number of aromatic amines is 1. The zero-order valence-corrected chi connectivity index (χ0v) is 7.31. The number of hydrogen-bond acceptors (Lipinski definition) is 4. The predicted octanol–water partition coefficient (Wildman–Crippen LogP) is 0.802. The van der Waals surface area contributed by atoms with Crippen LogP contribution < -0.4 is 5.73 Å². The van der Waals surface area contributed by atoms with Gasteiger partial charge in [0.1, 0.15) is 16.4 Å². The second-order valence-electron chi connectivity index (χ2n) is 2.06. The Labute approximate surface area is 73.3 Å². The van der Waals surface area contributed by atoms with Crippen molar-refractivity contribution >= 4 is 23.5 Å². The van der Waals surface area contributed by atoms with Crippen molar-refractivity contribution < 1.29 is 9.90 Å². The van der Waals surface area contributed by atoms with Crippen LogP contribution in [0.15, 0.2) is 5.03 Å². The Balaban J connectivity index is 3.04. The molecule has 0 saturated carbocycles. The molecule has 0 aromatic carbocycles. The second kappa shape index (κ2) is 3.48. The molecule has 1 rings (SSSR count). The molecule has 0 unspecified atom stereocenters. The number of thioether (sulfide) groups is 1. The molecule has 5 nitrogen and oxygen atoms in total. The number of aromatic carboxylic acids is 1. The van der Waals surface area contributed by atoms with Crippen LogP contribution in [0, 0.1) is 0 Å². The summed E-state index contributed by atoms with van der Waals surface area (Å²) in [6.07, 6.45) is 0. The summed E-state index contributed by atoms with van der Waals surface area (Å²) in [4.78, 5) is 10.6. The van der Waals surface area contributed by atoms with Gasteiger partial charge in [0.15, 0.2) is 0 Å². The monoisotopic (exact) mass is 187 g/mol. The number of carboxylic acid groups (broad SMARTS) is 1. The number of nitrogens with one attached hydrogen (secondary N) is 1. The Bertz CT molecular complexity index is 297. The van der Waals surface area contributed by atoms with E-state index in [1.807, 2.05) is 6.92 Å². The molecule has 0 spiro atoms. The maximum Gasteiger partial charge on any atom is 0.342 e. The van der Waals surface area contributed by atoms with E-state index in [0.717, 1.165) is 5.75 Å². The number of nitrogens with zero attached hydrogens (tertiary/aromatic N) is 1. The van der Waals surface area contributed by atoms with Crippen LogP contribution >= 0.6 is 11.8 Å². The summed E-state index contributed by atoms with van der Waals surface area (Å²) in [5.74, 6) is -0.166. The Morgan fingerprint density at radius 3 is 3.00 bits per heavy atom. The first kappa shape index (κ1) is 8.92. The molecule has 0 bridgehead atoms. The Morgan fingerprint density at radius 1 is 1.83 bits per heavy atom. The van der Waals surface area contributed by atoms with E-state index in [2.05, 4.69) is 10.2 Å². The molecule has 1 heterocycles. The Kier molecular flexibility index (Phi) is 2.59. The van der Waals surface area contributed by atoms with Gasteiger partial charge in [-0.05, 0) is 5.75 Å². The molecule has 6 heteroatoms. The number of carbonyl (C=O) groups is 1. The molecular weight excluding hydrogens is 178 g/mol. The molecule has 0 radical (unpaired) electrons. The highest BCUT2D eigenvalue weighted by molar-refractivity contribution is 7.99. The number of nitrogens with two attached hydrogens (primary N) is 1. The minimum absolute atomic E-state index is 0.0712. The zero-order chi connectivity index (χ0) is 9.14. The smallest absolute Gasteiger partial charge is 0.342 e. The largest absolute Gasteiger partial charge is 0.477 e. The third-order valence-electron chi connectivity index (χ3n) is 1.26. The molecule has 0 aliphatic carbocycles. The summed E-state index contributed by atoms with van der Waals surface area (Å²) in [7, 11) is 0. The highest BCUT2D eigenvalue weighted by atomic mass is 32.2. The summed E-state index contributed by atoms with van der Waals surface area (Å²) >= 11 is 1.35. The van der Waals surface area contributed by atoms with Crippen molar-refractivity contribution in [3.63, 3.8) is 0 Å². The number of rotatable bonds is 3. The molecule has 0 fully saturated rings. The topological polar surface area (TPSA) is 92.0 Å². The van der Waals surface area contributed by atoms with Gasteiger partial charge < -0.3 is 10.8 Å². The van der Waals surface area contributed by atoms with Crippen molar-refractivity contribution in [3.05, 3.63) is 5.56 Å². The quantitative estimate of drug-likeness (QED) is 0.609. The molecule has 1 aromatic rings. The molecule has 66 valence electrons. The van der Waals surface area contributed by atoms with Crippen LogP contribution in [0.3, 0.4) is 0 Å². The summed E-state index contributed by atoms with van der Waals surface area (Å²) < 4.78 is 0. The van der Waals surface area contributed by atoms with E-state index in [4.69, 9.17) is 10.8 Å². The van der Waals surface area contributed by atoms with Gasteiger partial charge >= 0.3 is 5.97 Å². The van der Waals surface area contributed by atoms with Crippen LogP contribution in [0.2, 0.25) is 0 Å². The highest BCUT2D eigenvalue weighted by Crippen LogP contribution is 2.23. The molecule has 0 saturated heterocycles. The first-order chi connectivity index (χ1) is 5.66. The van der Waals surface area contributed by atoms with E-state index in [9.17, 15) is 4.79 Å². The van der Waals surface area contributed by atoms with Crippen LogP contribution in [-0.4, -0.2) is 27.0 Å². The molecule has 12 heavy (non-hydrogen) atoms. The first-order valence-electron chi connectivity index (χ1n) is 3.36. The predicted molar refractivity (Wildman–Crippen MR) is 46.4 cm³/mol. The van der Waals surface area contributed by atoms with Crippen molar-refractivity contribution in [2.75, 3.05) is 11.5 Å². The van der Waals surface area contributed by atoms with E-state index in [0.29, 0.717) is 5.03 Å². The molecule has 0 aliphatic heterocycles. The average Bonchev–Trinajstić information content (AvgIpc) is 2.32. The van der Waals surface area contributed by atoms with E-state index in [1.54, 1.807) is 0 Å². The van der Waals surface area contributed by atoms with Crippen LogP contribution in [0.4, 0.5) is 5.82 Å². The van der Waals surface area contributed by atoms with Gasteiger partial charge in [0.2, 0.25) is 0 Å². The van der Waals surface area contributed by atoms with Gasteiger partial charge in [-0.25, -0.2) is 4.79 Å². The molecule has 0 amide bonds. The van der Waals surface area contributed by atoms with Gasteiger partial charge in [-0.1, -0.05) is 6.92 Å². The standard InChI is InChI=1S/C6H9N3O2S/c1-2-12-5-3(6(10)11)4(7)8-9-5/h2H2,1H3,(H,10,11)(H3,7,8,9). The van der Waals surface area contributed by atoms with Gasteiger partial charge in [-0.2, -0.15) is 5.10 Å². The molecule has 0 atom stereocenters. The van der Waals surface area contributed by atoms with Crippen molar-refractivity contribution in [1.29, 1.82) is 0 Å². The number of hydrogen-bond donors (Lipinski definition) is 3. The SMILES string of the molecule is CCSc1n[nH]c(N)c1C(=O)O. The van der Waals surface area contributed by atoms with Crippen molar-refractivity contribution in [1.82, 2.24) is 10.2 Å². The fourth-order valence-corrected chi connectivity index (χ4v) is 1.51. The Hall–Kier alpha value is -1.17. The van der Waals surface area contributed by atoms with E-state index < -0.39 is 5.97 Å². The third-order valence-corrected chi connectivity index (χ3v) is 2.11. The zero-order valence-electron chi connectivity index (χ0n) is 6.50. The van der Waals surface area contributed by atoms with E-state index >= 15 is 0 Å². The number of carboxylic acids is 1. The summed E-state index contributed by atoms with van der Waals surface area (Å²) in [6.45, 7) is 1.92. The molecular formula is C6H9N3O2S. The lowest BCUT2D eigenvalue weighted by atomic mass is 10.3. The van der Waals surface area contributed by atoms with Crippen molar-refractivity contribution in [3.8, 4) is 0 Å². The fourth-order valence-electron chi connectivity index (χ4n) is 0.786. The van der Waals surface area contributed by atoms with E-state index in [-0.39, 0.29) is 11.4 Å². The normalized spacial score (nSPS) is 10.1. The van der Waals surface area contributed by atoms with Crippen LogP contribution in [-0.2, 0) is 0 Å². The molecule has 4 N–H and O–H groups in total. The van der Waals surface area contributed by atoms with Crippen molar-refractivity contribution in [2.45, 2.75) is 11.9 Å². The number of H-pyrrole nitrogens is 1. The maximum atomic E-state index is 10.6. The first-order valence-corrected chi connectivity index (χ1v) is 4.35. The summed E-state index contributed by atoms with van der Waals surface area (Å²) in [5.41, 5.74) is 5.43. The van der Waals surface area contributed by atoms with Gasteiger partial charge in [0, 0.05) is 0 Å². The van der Waals surface area contributed by atoms with Crippen molar-refractivity contribution in [2.24, 2.45) is 0 Å². The number of aromatic nitrogens is 2. The third kappa shape index (κ3) is 1.53. The molecule has 1 aromatic heterocycles. The number of nitrogen functional groups attached to an aromatic ring is 1. The van der Waals surface area contributed by atoms with Gasteiger partial charge in [-0.15, -0.1) is 11.8 Å². The lowest BCUT2D eigenvalue weighted by Gasteiger charge is -1.94.